The fourth-order valence-electron chi connectivity index (χ4n) is 3.87. The lowest BCUT2D eigenvalue weighted by molar-refractivity contribution is 0.0839. The highest BCUT2D eigenvalue weighted by molar-refractivity contribution is 5.53. The maximum atomic E-state index is 5.56. The number of aromatic nitrogens is 4. The number of hydrogen-bond acceptors (Lipinski definition) is 6. The molecule has 0 aliphatic carbocycles. The molecule has 1 atom stereocenters. The second kappa shape index (κ2) is 7.77. The third kappa shape index (κ3) is 3.79. The number of piperazine rings is 1. The van der Waals surface area contributed by atoms with Gasteiger partial charge in [0.05, 0.1) is 11.7 Å². The first-order chi connectivity index (χ1) is 14.3. The van der Waals surface area contributed by atoms with Gasteiger partial charge in [0.25, 0.3) is 0 Å². The van der Waals surface area contributed by atoms with Crippen LogP contribution in [-0.4, -0.2) is 55.5 Å². The minimum absolute atomic E-state index is 0.109. The van der Waals surface area contributed by atoms with Crippen LogP contribution in [0.4, 0.5) is 0 Å². The molecule has 0 saturated carbocycles. The Morgan fingerprint density at radius 3 is 2.55 bits per heavy atom. The first-order valence-corrected chi connectivity index (χ1v) is 10.0. The number of benzene rings is 1. The zero-order chi connectivity index (χ0) is 19.6. The second-order valence-corrected chi connectivity index (χ2v) is 7.51. The Hall–Kier alpha value is -3.03. The minimum Gasteiger partial charge on any atom is -0.337 e. The molecule has 1 unspecified atom stereocenters. The molecule has 3 aromatic heterocycles. The zero-order valence-electron chi connectivity index (χ0n) is 16.5. The summed E-state index contributed by atoms with van der Waals surface area (Å²) in [7, 11) is 0. The molecule has 0 spiro atoms. The van der Waals surface area contributed by atoms with Crippen molar-refractivity contribution in [2.75, 3.05) is 26.2 Å². The highest BCUT2D eigenvalue weighted by Crippen LogP contribution is 2.23. The molecule has 7 nitrogen and oxygen atoms in total. The molecule has 0 radical (unpaired) electrons. The van der Waals surface area contributed by atoms with Gasteiger partial charge in [-0.25, -0.2) is 4.98 Å². The van der Waals surface area contributed by atoms with Crippen molar-refractivity contribution in [2.24, 2.45) is 0 Å². The van der Waals surface area contributed by atoms with Crippen molar-refractivity contribution in [3.05, 3.63) is 72.5 Å². The molecule has 148 valence electrons. The summed E-state index contributed by atoms with van der Waals surface area (Å²) in [6.45, 7) is 6.95. The summed E-state index contributed by atoms with van der Waals surface area (Å²) >= 11 is 0. The van der Waals surface area contributed by atoms with Crippen LogP contribution in [0.2, 0.25) is 0 Å². The Morgan fingerprint density at radius 1 is 0.966 bits per heavy atom. The lowest BCUT2D eigenvalue weighted by atomic mass is 10.2. The molecule has 1 aliphatic heterocycles. The van der Waals surface area contributed by atoms with E-state index in [4.69, 9.17) is 9.51 Å². The molecule has 7 heteroatoms. The first-order valence-electron chi connectivity index (χ1n) is 10.0. The highest BCUT2D eigenvalue weighted by atomic mass is 16.5. The number of pyridine rings is 1. The van der Waals surface area contributed by atoms with E-state index >= 15 is 0 Å². The normalized spacial score (nSPS) is 17.0. The Bertz CT molecular complexity index is 1050. The molecule has 4 heterocycles. The van der Waals surface area contributed by atoms with E-state index < -0.39 is 0 Å². The van der Waals surface area contributed by atoms with Gasteiger partial charge in [-0.2, -0.15) is 4.98 Å². The fraction of sp³-hybridized carbons (Fsp3) is 0.318. The van der Waals surface area contributed by atoms with Crippen molar-refractivity contribution in [3.63, 3.8) is 0 Å². The van der Waals surface area contributed by atoms with Crippen LogP contribution in [0.25, 0.3) is 17.0 Å². The first kappa shape index (κ1) is 18.0. The van der Waals surface area contributed by atoms with Crippen molar-refractivity contribution in [1.29, 1.82) is 0 Å². The van der Waals surface area contributed by atoms with Crippen molar-refractivity contribution in [2.45, 2.75) is 19.5 Å². The second-order valence-electron chi connectivity index (χ2n) is 7.51. The molecule has 1 saturated heterocycles. The standard InChI is InChI=1S/C22H24N6O/c1-17(22-24-21(25-29-22)18-7-3-2-4-8-18)27-13-11-26(12-14-27)15-19-16-28-10-6-5-9-20(28)23-19/h2-10,16-17H,11-15H2,1H3. The number of fused-ring (bicyclic) bond motifs is 1. The van der Waals surface area contributed by atoms with Gasteiger partial charge in [-0.3, -0.25) is 9.80 Å². The van der Waals surface area contributed by atoms with Gasteiger partial charge in [0.15, 0.2) is 0 Å². The molecule has 0 amide bonds. The predicted octanol–water partition coefficient (Wildman–Crippen LogP) is 3.26. The molecule has 29 heavy (non-hydrogen) atoms. The topological polar surface area (TPSA) is 62.7 Å². The third-order valence-electron chi connectivity index (χ3n) is 5.59. The molecular formula is C22H24N6O. The van der Waals surface area contributed by atoms with Crippen LogP contribution in [0, 0.1) is 0 Å². The Labute approximate surface area is 169 Å². The predicted molar refractivity (Wildman–Crippen MR) is 110 cm³/mol. The number of nitrogens with zero attached hydrogens (tertiary/aromatic N) is 6. The number of hydrogen-bond donors (Lipinski definition) is 0. The van der Waals surface area contributed by atoms with E-state index in [1.54, 1.807) is 0 Å². The van der Waals surface area contributed by atoms with Gasteiger partial charge in [0, 0.05) is 50.7 Å². The lowest BCUT2D eigenvalue weighted by Gasteiger charge is -2.36. The molecule has 1 aromatic carbocycles. The van der Waals surface area contributed by atoms with Crippen LogP contribution < -0.4 is 0 Å². The van der Waals surface area contributed by atoms with Crippen LogP contribution in [0.15, 0.2) is 65.4 Å². The van der Waals surface area contributed by atoms with Gasteiger partial charge < -0.3 is 8.92 Å². The SMILES string of the molecule is CC(c1nc(-c2ccccc2)no1)N1CCN(Cc2cn3ccccc3n2)CC1. The van der Waals surface area contributed by atoms with Crippen molar-refractivity contribution in [1.82, 2.24) is 29.3 Å². The van der Waals surface area contributed by atoms with Crippen LogP contribution in [0.5, 0.6) is 0 Å². The van der Waals surface area contributed by atoms with Gasteiger partial charge in [-0.05, 0) is 19.1 Å². The highest BCUT2D eigenvalue weighted by Gasteiger charge is 2.26. The van der Waals surface area contributed by atoms with E-state index in [-0.39, 0.29) is 6.04 Å². The average molecular weight is 388 g/mol. The summed E-state index contributed by atoms with van der Waals surface area (Å²) in [5.74, 6) is 1.33. The van der Waals surface area contributed by atoms with Gasteiger partial charge in [-0.15, -0.1) is 0 Å². The zero-order valence-corrected chi connectivity index (χ0v) is 16.5. The minimum atomic E-state index is 0.109. The monoisotopic (exact) mass is 388 g/mol. The molecule has 1 fully saturated rings. The summed E-state index contributed by atoms with van der Waals surface area (Å²) in [4.78, 5) is 14.2. The van der Waals surface area contributed by atoms with E-state index in [9.17, 15) is 0 Å². The van der Waals surface area contributed by atoms with E-state index in [1.807, 2.05) is 54.7 Å². The Kier molecular flexibility index (Phi) is 4.83. The maximum absolute atomic E-state index is 5.56. The van der Waals surface area contributed by atoms with E-state index in [0.717, 1.165) is 49.6 Å². The third-order valence-corrected chi connectivity index (χ3v) is 5.59. The lowest BCUT2D eigenvalue weighted by Crippen LogP contribution is -2.46. The summed E-state index contributed by atoms with van der Waals surface area (Å²) in [5, 5.41) is 4.16. The van der Waals surface area contributed by atoms with Gasteiger partial charge in [0.1, 0.15) is 5.65 Å². The van der Waals surface area contributed by atoms with E-state index in [2.05, 4.69) is 37.5 Å². The smallest absolute Gasteiger partial charge is 0.244 e. The quantitative estimate of drug-likeness (QED) is 0.523. The number of rotatable bonds is 5. The Balaban J connectivity index is 1.19. The maximum Gasteiger partial charge on any atom is 0.244 e. The van der Waals surface area contributed by atoms with Crippen LogP contribution in [-0.2, 0) is 6.54 Å². The van der Waals surface area contributed by atoms with Crippen LogP contribution in [0.1, 0.15) is 24.6 Å². The van der Waals surface area contributed by atoms with E-state index in [0.29, 0.717) is 11.7 Å². The van der Waals surface area contributed by atoms with Gasteiger partial charge in [-0.1, -0.05) is 41.6 Å². The Morgan fingerprint density at radius 2 is 1.76 bits per heavy atom. The van der Waals surface area contributed by atoms with Crippen LogP contribution in [0.3, 0.4) is 0 Å². The van der Waals surface area contributed by atoms with Gasteiger partial charge in [0.2, 0.25) is 11.7 Å². The van der Waals surface area contributed by atoms with Gasteiger partial charge >= 0.3 is 0 Å². The fourth-order valence-corrected chi connectivity index (χ4v) is 3.87. The molecule has 5 rings (SSSR count). The van der Waals surface area contributed by atoms with Crippen molar-refractivity contribution < 1.29 is 4.52 Å². The van der Waals surface area contributed by atoms with E-state index in [1.165, 1.54) is 0 Å². The molecule has 1 aliphatic rings. The molecule has 4 aromatic rings. The molecular weight excluding hydrogens is 364 g/mol. The number of imidazole rings is 1. The average Bonchev–Trinajstić information content (AvgIpc) is 3.41. The summed E-state index contributed by atoms with van der Waals surface area (Å²) in [5.41, 5.74) is 3.09. The largest absolute Gasteiger partial charge is 0.337 e. The van der Waals surface area contributed by atoms with Crippen LogP contribution >= 0.6 is 0 Å². The summed E-state index contributed by atoms with van der Waals surface area (Å²) in [6, 6.07) is 16.1. The van der Waals surface area contributed by atoms with Crippen molar-refractivity contribution >= 4 is 5.65 Å². The summed E-state index contributed by atoms with van der Waals surface area (Å²) < 4.78 is 7.64. The summed E-state index contributed by atoms with van der Waals surface area (Å²) in [6.07, 6.45) is 4.16. The molecule has 0 bridgehead atoms. The van der Waals surface area contributed by atoms with Crippen molar-refractivity contribution in [3.8, 4) is 11.4 Å². The molecule has 0 N–H and O–H groups in total.